The predicted molar refractivity (Wildman–Crippen MR) is 53.6 cm³/mol. The second-order valence-corrected chi connectivity index (χ2v) is 4.07. The number of aliphatic hydroxyl groups is 1. The Kier molecular flexibility index (Phi) is 2.82. The Bertz CT molecular complexity index is 311. The monoisotopic (exact) mass is 194 g/mol. The molecule has 1 aromatic carbocycles. The highest BCUT2D eigenvalue weighted by Gasteiger charge is 2.21. The molecule has 2 rings (SSSR count). The van der Waals surface area contributed by atoms with Crippen molar-refractivity contribution < 1.29 is 9.50 Å². The lowest BCUT2D eigenvalue weighted by Gasteiger charge is -2.26. The highest BCUT2D eigenvalue weighted by Crippen LogP contribution is 2.32. The van der Waals surface area contributed by atoms with E-state index in [9.17, 15) is 9.50 Å². The zero-order valence-corrected chi connectivity index (χ0v) is 8.12. The van der Waals surface area contributed by atoms with Crippen LogP contribution in [0, 0.1) is 5.82 Å². The van der Waals surface area contributed by atoms with Gasteiger partial charge in [-0.25, -0.2) is 4.39 Å². The van der Waals surface area contributed by atoms with E-state index in [0.717, 1.165) is 31.2 Å². The summed E-state index contributed by atoms with van der Waals surface area (Å²) in [4.78, 5) is 0. The van der Waals surface area contributed by atoms with Crippen molar-refractivity contribution in [3.63, 3.8) is 0 Å². The molecule has 1 aliphatic rings. The summed E-state index contributed by atoms with van der Waals surface area (Å²) in [6, 6.07) is 6.74. The van der Waals surface area contributed by atoms with Crippen LogP contribution < -0.4 is 0 Å². The van der Waals surface area contributed by atoms with E-state index in [1.807, 2.05) is 6.07 Å². The Morgan fingerprint density at radius 2 is 2.14 bits per heavy atom. The van der Waals surface area contributed by atoms with Gasteiger partial charge >= 0.3 is 0 Å². The van der Waals surface area contributed by atoms with Crippen molar-refractivity contribution in [1.29, 1.82) is 0 Å². The lowest BCUT2D eigenvalue weighted by atomic mass is 9.82. The Morgan fingerprint density at radius 1 is 1.29 bits per heavy atom. The van der Waals surface area contributed by atoms with Crippen LogP contribution in [0.1, 0.15) is 37.2 Å². The second-order valence-electron chi connectivity index (χ2n) is 4.07. The number of benzene rings is 1. The van der Waals surface area contributed by atoms with Gasteiger partial charge in [-0.15, -0.1) is 0 Å². The van der Waals surface area contributed by atoms with Crippen LogP contribution >= 0.6 is 0 Å². The number of hydrogen-bond donors (Lipinski definition) is 1. The maximum absolute atomic E-state index is 13.0. The summed E-state index contributed by atoms with van der Waals surface area (Å²) in [5.41, 5.74) is 1.03. The fourth-order valence-corrected chi connectivity index (χ4v) is 2.23. The van der Waals surface area contributed by atoms with Gasteiger partial charge in [0.25, 0.3) is 0 Å². The van der Waals surface area contributed by atoms with E-state index in [1.165, 1.54) is 6.07 Å². The van der Waals surface area contributed by atoms with Gasteiger partial charge in [0.05, 0.1) is 6.10 Å². The number of aliphatic hydroxyl groups excluding tert-OH is 1. The molecule has 76 valence electrons. The lowest BCUT2D eigenvalue weighted by molar-refractivity contribution is 0.119. The van der Waals surface area contributed by atoms with E-state index in [0.29, 0.717) is 5.92 Å². The van der Waals surface area contributed by atoms with Crippen molar-refractivity contribution in [2.24, 2.45) is 0 Å². The van der Waals surface area contributed by atoms with E-state index in [2.05, 4.69) is 0 Å². The van der Waals surface area contributed by atoms with E-state index >= 15 is 0 Å². The molecular formula is C12H15FO. The van der Waals surface area contributed by atoms with Crippen LogP contribution in [0.5, 0.6) is 0 Å². The quantitative estimate of drug-likeness (QED) is 0.728. The smallest absolute Gasteiger partial charge is 0.123 e. The van der Waals surface area contributed by atoms with Gasteiger partial charge in [-0.3, -0.25) is 0 Å². The summed E-state index contributed by atoms with van der Waals surface area (Å²) in [6.07, 6.45) is 3.59. The normalized spacial score (nSPS) is 27.6. The van der Waals surface area contributed by atoms with Crippen molar-refractivity contribution in [2.45, 2.75) is 37.7 Å². The molecule has 2 heteroatoms. The third kappa shape index (κ3) is 2.13. The van der Waals surface area contributed by atoms with Gasteiger partial charge in [0, 0.05) is 0 Å². The molecule has 0 aliphatic heterocycles. The van der Waals surface area contributed by atoms with Gasteiger partial charge in [0.2, 0.25) is 0 Å². The first-order valence-corrected chi connectivity index (χ1v) is 5.19. The molecule has 0 heterocycles. The number of rotatable bonds is 1. The minimum Gasteiger partial charge on any atom is -0.393 e. The first kappa shape index (κ1) is 9.66. The average Bonchev–Trinajstić information content (AvgIpc) is 2.18. The van der Waals surface area contributed by atoms with Crippen molar-refractivity contribution >= 4 is 0 Å². The van der Waals surface area contributed by atoms with Crippen molar-refractivity contribution in [3.05, 3.63) is 35.6 Å². The van der Waals surface area contributed by atoms with Crippen molar-refractivity contribution in [1.82, 2.24) is 0 Å². The highest BCUT2D eigenvalue weighted by molar-refractivity contribution is 5.21. The molecule has 2 atom stereocenters. The Balaban J connectivity index is 2.14. The van der Waals surface area contributed by atoms with Gasteiger partial charge in [0.1, 0.15) is 5.82 Å². The Morgan fingerprint density at radius 3 is 2.86 bits per heavy atom. The van der Waals surface area contributed by atoms with E-state index < -0.39 is 0 Å². The molecule has 0 bridgehead atoms. The molecule has 2 unspecified atom stereocenters. The van der Waals surface area contributed by atoms with Gasteiger partial charge in [-0.05, 0) is 42.9 Å². The lowest BCUT2D eigenvalue weighted by Crippen LogP contribution is -2.18. The van der Waals surface area contributed by atoms with Crippen LogP contribution in [0.4, 0.5) is 4.39 Å². The van der Waals surface area contributed by atoms with Crippen molar-refractivity contribution in [3.8, 4) is 0 Å². The maximum atomic E-state index is 13.0. The molecule has 1 fully saturated rings. The third-order valence-electron chi connectivity index (χ3n) is 2.97. The van der Waals surface area contributed by atoms with Gasteiger partial charge in [0.15, 0.2) is 0 Å². The Hall–Kier alpha value is -0.890. The molecule has 1 N–H and O–H groups in total. The summed E-state index contributed by atoms with van der Waals surface area (Å²) in [5.74, 6) is 0.164. The first-order chi connectivity index (χ1) is 6.75. The zero-order valence-electron chi connectivity index (χ0n) is 8.12. The summed E-state index contributed by atoms with van der Waals surface area (Å²) in [7, 11) is 0. The van der Waals surface area contributed by atoms with Crippen LogP contribution in [0.15, 0.2) is 24.3 Å². The zero-order chi connectivity index (χ0) is 9.97. The molecule has 0 radical (unpaired) electrons. The topological polar surface area (TPSA) is 20.2 Å². The molecule has 14 heavy (non-hydrogen) atoms. The highest BCUT2D eigenvalue weighted by atomic mass is 19.1. The molecule has 0 saturated heterocycles. The minimum atomic E-state index is -0.197. The van der Waals surface area contributed by atoms with Crippen LogP contribution in [0.3, 0.4) is 0 Å². The van der Waals surface area contributed by atoms with Crippen LogP contribution in [-0.4, -0.2) is 11.2 Å². The molecule has 1 aromatic rings. The van der Waals surface area contributed by atoms with Crippen LogP contribution in [0.25, 0.3) is 0 Å². The number of halogens is 1. The van der Waals surface area contributed by atoms with Gasteiger partial charge in [-0.2, -0.15) is 0 Å². The number of hydrogen-bond acceptors (Lipinski definition) is 1. The third-order valence-corrected chi connectivity index (χ3v) is 2.97. The SMILES string of the molecule is OC1CCCC(c2cccc(F)c2)C1. The molecule has 1 saturated carbocycles. The molecule has 0 amide bonds. The Labute approximate surface area is 83.6 Å². The largest absolute Gasteiger partial charge is 0.393 e. The molecule has 0 spiro atoms. The molecular weight excluding hydrogens is 179 g/mol. The second kappa shape index (κ2) is 4.09. The minimum absolute atomic E-state index is 0.178. The molecule has 0 aromatic heterocycles. The van der Waals surface area contributed by atoms with Crippen molar-refractivity contribution in [2.75, 3.05) is 0 Å². The summed E-state index contributed by atoms with van der Waals surface area (Å²) >= 11 is 0. The summed E-state index contributed by atoms with van der Waals surface area (Å²) in [5, 5.41) is 9.52. The molecule has 1 nitrogen and oxygen atoms in total. The standard InChI is InChI=1S/C12H15FO/c13-11-5-1-3-9(7-11)10-4-2-6-12(14)8-10/h1,3,5,7,10,12,14H,2,4,6,8H2. The predicted octanol–water partition coefficient (Wildman–Crippen LogP) is 2.84. The average molecular weight is 194 g/mol. The van der Waals surface area contributed by atoms with Crippen LogP contribution in [-0.2, 0) is 0 Å². The van der Waals surface area contributed by atoms with E-state index in [-0.39, 0.29) is 11.9 Å². The van der Waals surface area contributed by atoms with Crippen LogP contribution in [0.2, 0.25) is 0 Å². The maximum Gasteiger partial charge on any atom is 0.123 e. The summed E-state index contributed by atoms with van der Waals surface area (Å²) in [6.45, 7) is 0. The molecule has 1 aliphatic carbocycles. The fourth-order valence-electron chi connectivity index (χ4n) is 2.23. The van der Waals surface area contributed by atoms with Gasteiger partial charge in [-0.1, -0.05) is 18.6 Å². The van der Waals surface area contributed by atoms with E-state index in [4.69, 9.17) is 0 Å². The first-order valence-electron chi connectivity index (χ1n) is 5.19. The summed E-state index contributed by atoms with van der Waals surface area (Å²) < 4.78 is 13.0. The van der Waals surface area contributed by atoms with Gasteiger partial charge < -0.3 is 5.11 Å². The fraction of sp³-hybridized carbons (Fsp3) is 0.500. The van der Waals surface area contributed by atoms with E-state index in [1.54, 1.807) is 12.1 Å².